The Morgan fingerprint density at radius 1 is 1.33 bits per heavy atom. The van der Waals surface area contributed by atoms with E-state index in [9.17, 15) is 9.59 Å². The number of ether oxygens (including phenoxy) is 2. The van der Waals surface area contributed by atoms with Crippen molar-refractivity contribution >= 4 is 17.7 Å². The maximum Gasteiger partial charge on any atom is 0.308 e. The number of nitrogens with zero attached hydrogens (tertiary/aromatic N) is 3. The van der Waals surface area contributed by atoms with E-state index in [1.807, 2.05) is 25.1 Å². The zero-order chi connectivity index (χ0) is 20.7. The summed E-state index contributed by atoms with van der Waals surface area (Å²) in [5, 5.41) is 4.63. The molecule has 0 spiro atoms. The van der Waals surface area contributed by atoms with Crippen molar-refractivity contribution < 1.29 is 18.8 Å². The molecule has 9 heteroatoms. The molecule has 0 bridgehead atoms. The fourth-order valence-electron chi connectivity index (χ4n) is 3.72. The molecule has 4 heterocycles. The molecule has 2 aromatic heterocycles. The van der Waals surface area contributed by atoms with Crippen molar-refractivity contribution in [3.05, 3.63) is 58.1 Å². The van der Waals surface area contributed by atoms with E-state index in [0.717, 1.165) is 17.7 Å². The van der Waals surface area contributed by atoms with Gasteiger partial charge in [0, 0.05) is 36.1 Å². The van der Waals surface area contributed by atoms with Crippen molar-refractivity contribution in [1.29, 1.82) is 0 Å². The highest BCUT2D eigenvalue weighted by Crippen LogP contribution is 2.34. The molecule has 0 amide bonds. The number of benzene rings is 1. The summed E-state index contributed by atoms with van der Waals surface area (Å²) in [7, 11) is 0. The van der Waals surface area contributed by atoms with Gasteiger partial charge in [-0.05, 0) is 18.6 Å². The third-order valence-electron chi connectivity index (χ3n) is 5.15. The monoisotopic (exact) mass is 425 g/mol. The van der Waals surface area contributed by atoms with E-state index in [2.05, 4.69) is 10.1 Å². The average Bonchev–Trinajstić information content (AvgIpc) is 3.44. The highest BCUT2D eigenvalue weighted by Gasteiger charge is 2.27. The van der Waals surface area contributed by atoms with Crippen molar-refractivity contribution in [2.45, 2.75) is 43.7 Å². The molecule has 154 valence electrons. The molecule has 2 atom stereocenters. The van der Waals surface area contributed by atoms with E-state index < -0.39 is 5.97 Å². The molecule has 30 heavy (non-hydrogen) atoms. The smallest absolute Gasteiger partial charge is 0.308 e. The Morgan fingerprint density at radius 3 is 3.13 bits per heavy atom. The first-order chi connectivity index (χ1) is 14.6. The van der Waals surface area contributed by atoms with Crippen molar-refractivity contribution in [2.75, 3.05) is 5.75 Å². The minimum absolute atomic E-state index is 0.00939. The number of hydrogen-bond acceptors (Lipinski definition) is 8. The Balaban J connectivity index is 1.21. The fraction of sp³-hybridized carbons (Fsp3) is 0.333. The van der Waals surface area contributed by atoms with Crippen LogP contribution in [0.2, 0.25) is 0 Å². The second-order valence-corrected chi connectivity index (χ2v) is 8.39. The number of fused-ring (bicyclic) bond motifs is 2. The highest BCUT2D eigenvalue weighted by molar-refractivity contribution is 7.99. The normalized spacial score (nSPS) is 19.2. The summed E-state index contributed by atoms with van der Waals surface area (Å²) < 4.78 is 18.1. The van der Waals surface area contributed by atoms with Crippen LogP contribution in [0.4, 0.5) is 0 Å². The second kappa shape index (κ2) is 7.64. The quantitative estimate of drug-likeness (QED) is 0.455. The van der Waals surface area contributed by atoms with Gasteiger partial charge in [0.05, 0.1) is 12.5 Å². The first kappa shape index (κ1) is 18.9. The Bertz CT molecular complexity index is 1170. The molecule has 1 aromatic carbocycles. The number of carbonyl (C=O) groups excluding carboxylic acids is 1. The third-order valence-corrected chi connectivity index (χ3v) is 6.26. The highest BCUT2D eigenvalue weighted by atomic mass is 32.2. The van der Waals surface area contributed by atoms with Crippen LogP contribution in [-0.4, -0.2) is 32.5 Å². The van der Waals surface area contributed by atoms with Gasteiger partial charge in [-0.15, -0.1) is 0 Å². The van der Waals surface area contributed by atoms with Crippen LogP contribution in [0.3, 0.4) is 0 Å². The van der Waals surface area contributed by atoms with Crippen molar-refractivity contribution in [3.63, 3.8) is 0 Å². The number of rotatable bonds is 5. The standard InChI is InChI=1S/C21H19N3O5S/c1-12-6-13-2-3-14(7-17(13)28-12)18-8-15(23-29-18)10-27-20(26)9-16-11-30-21-22-5-4-19(25)24(16)21/h2-5,7-8,12,16H,6,9-11H2,1H3. The molecule has 0 radical (unpaired) electrons. The summed E-state index contributed by atoms with van der Waals surface area (Å²) in [5.41, 5.74) is 2.41. The molecule has 3 aromatic rings. The van der Waals surface area contributed by atoms with Gasteiger partial charge in [-0.25, -0.2) is 4.98 Å². The summed E-state index contributed by atoms with van der Waals surface area (Å²) in [6.07, 6.45) is 2.67. The molecule has 5 rings (SSSR count). The van der Waals surface area contributed by atoms with Gasteiger partial charge in [-0.2, -0.15) is 0 Å². The van der Waals surface area contributed by atoms with E-state index in [-0.39, 0.29) is 30.7 Å². The second-order valence-electron chi connectivity index (χ2n) is 7.40. The molecule has 0 fully saturated rings. The Kier molecular flexibility index (Phi) is 4.82. The van der Waals surface area contributed by atoms with Crippen LogP contribution in [0.5, 0.6) is 5.75 Å². The summed E-state index contributed by atoms with van der Waals surface area (Å²) in [5.74, 6) is 1.68. The topological polar surface area (TPSA) is 96.5 Å². The van der Waals surface area contributed by atoms with E-state index in [0.29, 0.717) is 22.4 Å². The fourth-order valence-corrected chi connectivity index (χ4v) is 4.84. The zero-order valence-corrected chi connectivity index (χ0v) is 17.1. The van der Waals surface area contributed by atoms with Gasteiger partial charge in [0.15, 0.2) is 10.9 Å². The van der Waals surface area contributed by atoms with Crippen LogP contribution >= 0.6 is 11.8 Å². The summed E-state index contributed by atoms with van der Waals surface area (Å²) in [6, 6.07) is 8.84. The summed E-state index contributed by atoms with van der Waals surface area (Å²) in [4.78, 5) is 28.5. The minimum Gasteiger partial charge on any atom is -0.490 e. The van der Waals surface area contributed by atoms with E-state index in [1.54, 1.807) is 10.6 Å². The lowest BCUT2D eigenvalue weighted by Crippen LogP contribution is -2.25. The van der Waals surface area contributed by atoms with Gasteiger partial charge in [0.2, 0.25) is 0 Å². The van der Waals surface area contributed by atoms with Gasteiger partial charge < -0.3 is 14.0 Å². The molecule has 0 saturated carbocycles. The van der Waals surface area contributed by atoms with E-state index in [1.165, 1.54) is 29.6 Å². The molecule has 8 nitrogen and oxygen atoms in total. The largest absolute Gasteiger partial charge is 0.490 e. The van der Waals surface area contributed by atoms with Crippen LogP contribution in [-0.2, 0) is 22.6 Å². The van der Waals surface area contributed by atoms with Crippen molar-refractivity contribution in [3.8, 4) is 17.1 Å². The van der Waals surface area contributed by atoms with E-state index >= 15 is 0 Å². The predicted molar refractivity (Wildman–Crippen MR) is 108 cm³/mol. The molecule has 2 unspecified atom stereocenters. The minimum atomic E-state index is -0.395. The Labute approximate surface area is 176 Å². The molecule has 0 aliphatic carbocycles. The SMILES string of the molecule is CC1Cc2ccc(-c3cc(COC(=O)CC4CSc5nccc(=O)n54)no3)cc2O1. The lowest BCUT2D eigenvalue weighted by molar-refractivity contribution is -0.145. The maximum absolute atomic E-state index is 12.3. The van der Waals surface area contributed by atoms with E-state index in [4.69, 9.17) is 14.0 Å². The number of hydrogen-bond donors (Lipinski definition) is 0. The molecule has 2 aliphatic heterocycles. The first-order valence-corrected chi connectivity index (χ1v) is 10.7. The summed E-state index contributed by atoms with van der Waals surface area (Å²) >= 11 is 1.46. The van der Waals surface area contributed by atoms with Crippen LogP contribution in [0, 0.1) is 0 Å². The van der Waals surface area contributed by atoms with Crippen LogP contribution in [0.1, 0.15) is 30.6 Å². The third kappa shape index (κ3) is 3.60. The Morgan fingerprint density at radius 2 is 2.23 bits per heavy atom. The molecule has 0 N–H and O–H groups in total. The number of aromatic nitrogens is 3. The van der Waals surface area contributed by atoms with Crippen LogP contribution in [0.25, 0.3) is 11.3 Å². The molecule has 0 saturated heterocycles. The molecular formula is C21H19N3O5S. The van der Waals surface area contributed by atoms with Crippen LogP contribution < -0.4 is 10.3 Å². The number of carbonyl (C=O) groups is 1. The van der Waals surface area contributed by atoms with Gasteiger partial charge in [0.25, 0.3) is 5.56 Å². The molecular weight excluding hydrogens is 406 g/mol. The lowest BCUT2D eigenvalue weighted by Gasteiger charge is -2.11. The molecule has 2 aliphatic rings. The first-order valence-electron chi connectivity index (χ1n) is 9.68. The average molecular weight is 425 g/mol. The van der Waals surface area contributed by atoms with Gasteiger partial charge in [-0.1, -0.05) is 29.1 Å². The van der Waals surface area contributed by atoms with Crippen molar-refractivity contribution in [1.82, 2.24) is 14.7 Å². The number of thioether (sulfide) groups is 1. The number of esters is 1. The van der Waals surface area contributed by atoms with Crippen molar-refractivity contribution in [2.24, 2.45) is 0 Å². The lowest BCUT2D eigenvalue weighted by atomic mass is 10.1. The maximum atomic E-state index is 12.3. The van der Waals surface area contributed by atoms with Gasteiger partial charge in [-0.3, -0.25) is 14.2 Å². The summed E-state index contributed by atoms with van der Waals surface area (Å²) in [6.45, 7) is 2.05. The van der Waals surface area contributed by atoms with Crippen LogP contribution in [0.15, 0.2) is 51.0 Å². The zero-order valence-electron chi connectivity index (χ0n) is 16.2. The predicted octanol–water partition coefficient (Wildman–Crippen LogP) is 3.00. The van der Waals surface area contributed by atoms with Gasteiger partial charge in [0.1, 0.15) is 24.2 Å². The Hall–Kier alpha value is -3.07. The van der Waals surface area contributed by atoms with Gasteiger partial charge >= 0.3 is 5.97 Å².